The first-order valence-corrected chi connectivity index (χ1v) is 27.4. The Morgan fingerprint density at radius 3 is 0.915 bits per heavy atom. The Morgan fingerprint density at radius 2 is 0.524 bits per heavy atom. The lowest BCUT2D eigenvalue weighted by Gasteiger charge is -2.36. The van der Waals surface area contributed by atoms with Crippen molar-refractivity contribution in [3.63, 3.8) is 0 Å². The van der Waals surface area contributed by atoms with Gasteiger partial charge in [-0.2, -0.15) is 0 Å². The normalized spacial score (nSPS) is 21.0. The SMILES string of the molecule is c1ccc2c(c1)C1=Nc3c4ccccc4c4n3[N+]35n6c(c7ccccc7c6=NC6=[N+]3C(=N4)c3cc(-c4ccc7c(c4)C4=[N+]8C7=Nc7c9ccccc9c9n7[N+]87n8c(c%10ccccc%10c8=N4)=NC4=[N+]7C(=N9)c7ccccc74)ccc36)=NC2=[N+]15. The average Bonchev–Trinajstić information content (AvgIpc) is 1.52. The predicted octanol–water partition coefficient (Wildman–Crippen LogP) is 6.63. The lowest BCUT2D eigenvalue weighted by atomic mass is 9.96. The maximum atomic E-state index is 5.77. The molecule has 24 rings (SSSR count). The van der Waals surface area contributed by atoms with E-state index in [1.165, 1.54) is 0 Å². The van der Waals surface area contributed by atoms with E-state index in [0.29, 0.717) is 0 Å². The monoisotopic (exact) mass is 1050 g/mol. The van der Waals surface area contributed by atoms with Crippen molar-refractivity contribution in [2.24, 2.45) is 39.9 Å². The molecule has 12 aliphatic heterocycles. The van der Waals surface area contributed by atoms with Crippen molar-refractivity contribution in [3.8, 4) is 11.1 Å². The van der Waals surface area contributed by atoms with Crippen LogP contribution in [0.15, 0.2) is 222 Å². The topological polar surface area (TPSA) is 131 Å². The van der Waals surface area contributed by atoms with E-state index in [1.807, 2.05) is 0 Å². The number of amidine groups is 8. The molecule has 0 N–H and O–H groups in total. The number of quaternary nitrogens is 2. The number of rotatable bonds is 1. The average molecular weight is 1050 g/mol. The smallest absolute Gasteiger partial charge is 0.0723 e. The first-order chi connectivity index (χ1) is 40.7. The highest BCUT2D eigenvalue weighted by molar-refractivity contribution is 6.22. The fraction of sp³-hybridized carbons (Fsp3) is 0. The van der Waals surface area contributed by atoms with Crippen LogP contribution < -0.4 is 31.8 Å². The highest BCUT2D eigenvalue weighted by Gasteiger charge is 2.74. The van der Waals surface area contributed by atoms with Crippen molar-refractivity contribution >= 4 is 113 Å². The largest absolute Gasteiger partial charge is 0.334 e. The standard InChI is InChI=1S/C64H30N18/c1-3-15-35-33(13-1)49-65-53-37-17-5-7-19-39(37)57-69-61-45-27-25-31(29-47(45)63-71-59-43-23-11-9-21-41(43)55-67-51(35)73(49)81(75(53)57,77(55)59)79(61)63)32-26-28-46-48(30-32)64-72-60-44-24-12-10-22-42(44)56-68-52-36-16-4-2-14-34(36)50-66-54-38-18-6-8-20-40(38)58-70-62(46)80(64)82(74(50)52,76(54)58)78(56)60/h1-30H/q+6. The number of fused-ring (bicyclic) bond motifs is 24. The van der Waals surface area contributed by atoms with Crippen LogP contribution in [-0.2, 0) is 0 Å². The molecule has 0 fully saturated rings. The van der Waals surface area contributed by atoms with E-state index in [9.17, 15) is 0 Å². The van der Waals surface area contributed by atoms with Gasteiger partial charge in [-0.1, -0.05) is 125 Å². The van der Waals surface area contributed by atoms with E-state index in [1.54, 1.807) is 0 Å². The molecule has 0 radical (unpaired) electrons. The Balaban J connectivity index is 0.778. The molecule has 2 spiro atoms. The molecule has 2 unspecified atom stereocenters. The van der Waals surface area contributed by atoms with Crippen LogP contribution in [0.4, 0.5) is 23.3 Å². The van der Waals surface area contributed by atoms with Gasteiger partial charge in [0.15, 0.2) is 9.84 Å². The maximum Gasteiger partial charge on any atom is 0.334 e. The van der Waals surface area contributed by atoms with E-state index >= 15 is 0 Å². The molecule has 18 nitrogen and oxygen atoms in total. The molecule has 4 aromatic heterocycles. The molecule has 0 bridgehead atoms. The third-order valence-electron chi connectivity index (χ3n) is 18.8. The van der Waals surface area contributed by atoms with Gasteiger partial charge in [0.2, 0.25) is 0 Å². The molecule has 0 saturated carbocycles. The second kappa shape index (κ2) is 12.0. The lowest BCUT2D eigenvalue weighted by Crippen LogP contribution is -2.82. The van der Waals surface area contributed by atoms with E-state index in [0.717, 1.165) is 191 Å². The summed E-state index contributed by atoms with van der Waals surface area (Å²) in [4.78, 5) is 45.3. The zero-order valence-corrected chi connectivity index (χ0v) is 42.4. The number of aliphatic imine (C=N–C) groups is 4. The van der Waals surface area contributed by atoms with Crippen LogP contribution in [0.1, 0.15) is 44.5 Å². The second-order valence-electron chi connectivity index (χ2n) is 22.4. The minimum atomic E-state index is 0.0159. The maximum absolute atomic E-state index is 5.77. The number of hydrogen-bond donors (Lipinski definition) is 0. The van der Waals surface area contributed by atoms with Crippen molar-refractivity contribution < 1.29 is 18.7 Å². The van der Waals surface area contributed by atoms with Crippen LogP contribution in [0.2, 0.25) is 0 Å². The van der Waals surface area contributed by atoms with Crippen molar-refractivity contribution in [3.05, 3.63) is 248 Å². The molecule has 82 heavy (non-hydrogen) atoms. The van der Waals surface area contributed by atoms with Crippen LogP contribution >= 0.6 is 0 Å². The van der Waals surface area contributed by atoms with Gasteiger partial charge < -0.3 is 0 Å². The zero-order chi connectivity index (χ0) is 52.1. The van der Waals surface area contributed by atoms with E-state index in [-0.39, 0.29) is 9.84 Å². The highest BCUT2D eigenvalue weighted by atomic mass is 16.3. The van der Waals surface area contributed by atoms with E-state index in [4.69, 9.17) is 39.9 Å². The van der Waals surface area contributed by atoms with Gasteiger partial charge in [-0.05, 0) is 127 Å². The zero-order valence-electron chi connectivity index (χ0n) is 42.4. The van der Waals surface area contributed by atoms with Crippen LogP contribution in [0.3, 0.4) is 0 Å². The van der Waals surface area contributed by atoms with E-state index < -0.39 is 0 Å². The van der Waals surface area contributed by atoms with Crippen LogP contribution in [-0.4, -0.2) is 84.1 Å². The van der Waals surface area contributed by atoms with Gasteiger partial charge in [-0.25, -0.2) is 0 Å². The molecule has 2 atom stereocenters. The van der Waals surface area contributed by atoms with Gasteiger partial charge in [0.05, 0.1) is 87.6 Å². The van der Waals surface area contributed by atoms with Gasteiger partial charge >= 0.3 is 46.7 Å². The summed E-state index contributed by atoms with van der Waals surface area (Å²) in [7, 11) is 0. The summed E-state index contributed by atoms with van der Waals surface area (Å²) in [5.41, 5.74) is 13.4. The lowest BCUT2D eigenvalue weighted by molar-refractivity contribution is -0.889. The molecule has 8 aromatic carbocycles. The molecule has 12 aromatic rings. The Bertz CT molecular complexity index is 6140. The molecule has 0 amide bonds. The molecular formula is C64H30N18+6. The number of benzene rings is 8. The highest BCUT2D eigenvalue weighted by Crippen LogP contribution is 2.52. The molecule has 0 aliphatic carbocycles. The molecule has 18 heteroatoms. The fourth-order valence-electron chi connectivity index (χ4n) is 15.7. The van der Waals surface area contributed by atoms with Gasteiger partial charge in [-0.15, -0.1) is 0 Å². The Hall–Kier alpha value is -11.6. The number of hydrogen-bond acceptors (Lipinski definition) is 8. The number of aromatic nitrogens is 4. The van der Waals surface area contributed by atoms with Gasteiger partial charge in [0, 0.05) is 18.7 Å². The predicted molar refractivity (Wildman–Crippen MR) is 305 cm³/mol. The second-order valence-corrected chi connectivity index (χ2v) is 22.4. The fourth-order valence-corrected chi connectivity index (χ4v) is 15.7. The van der Waals surface area contributed by atoms with Gasteiger partial charge in [-0.3, -0.25) is 0 Å². The Labute approximate surface area is 457 Å². The molecule has 16 heterocycles. The van der Waals surface area contributed by atoms with Gasteiger partial charge in [0.25, 0.3) is 45.2 Å². The van der Waals surface area contributed by atoms with E-state index in [2.05, 4.69) is 219 Å². The van der Waals surface area contributed by atoms with Crippen molar-refractivity contribution in [2.45, 2.75) is 0 Å². The first kappa shape index (κ1) is 38.9. The summed E-state index contributed by atoms with van der Waals surface area (Å²) in [6.45, 7) is 0. The Morgan fingerprint density at radius 1 is 0.244 bits per heavy atom. The summed E-state index contributed by atoms with van der Waals surface area (Å²) < 4.78 is 18.4. The summed E-state index contributed by atoms with van der Waals surface area (Å²) in [5, 5.41) is 8.17. The molecule has 12 aliphatic rings. The third kappa shape index (κ3) is 3.63. The summed E-state index contributed by atoms with van der Waals surface area (Å²) >= 11 is 0. The minimum absolute atomic E-state index is 0.0159. The number of nitrogens with zero attached hydrogens (tertiary/aromatic N) is 18. The molecular weight excluding hydrogens is 1020 g/mol. The van der Waals surface area contributed by atoms with Crippen LogP contribution in [0.5, 0.6) is 0 Å². The molecule has 0 saturated heterocycles. The summed E-state index contributed by atoms with van der Waals surface area (Å²) in [5.74, 6) is 9.74. The minimum Gasteiger partial charge on any atom is -0.0723 e. The van der Waals surface area contributed by atoms with Crippen molar-refractivity contribution in [2.75, 3.05) is 0 Å². The van der Waals surface area contributed by atoms with Crippen LogP contribution in [0, 0.1) is 0 Å². The third-order valence-corrected chi connectivity index (χ3v) is 18.8. The van der Waals surface area contributed by atoms with Crippen LogP contribution in [0.25, 0.3) is 54.2 Å². The summed E-state index contributed by atoms with van der Waals surface area (Å²) in [6.07, 6.45) is 0. The van der Waals surface area contributed by atoms with Crippen molar-refractivity contribution in [1.29, 1.82) is 0 Å². The first-order valence-electron chi connectivity index (χ1n) is 27.4. The molecule has 370 valence electrons. The summed E-state index contributed by atoms with van der Waals surface area (Å²) in [6, 6.07) is 64.7. The quantitative estimate of drug-likeness (QED) is 0.129. The van der Waals surface area contributed by atoms with Crippen molar-refractivity contribution in [1.82, 2.24) is 28.5 Å². The van der Waals surface area contributed by atoms with Gasteiger partial charge in [0.1, 0.15) is 0 Å². The Kier molecular flexibility index (Phi) is 5.69.